The van der Waals surface area contributed by atoms with E-state index in [0.29, 0.717) is 6.61 Å². The number of hydrogen-bond donors (Lipinski definition) is 2. The number of rotatable bonds is 4. The Morgan fingerprint density at radius 1 is 1.27 bits per heavy atom. The second-order valence-electron chi connectivity index (χ2n) is 3.23. The van der Waals surface area contributed by atoms with Crippen LogP contribution >= 0.6 is 0 Å². The van der Waals surface area contributed by atoms with Gasteiger partial charge < -0.3 is 14.9 Å². The normalized spacial score (nSPS) is 9.93. The van der Waals surface area contributed by atoms with E-state index in [2.05, 4.69) is 0 Å². The van der Waals surface area contributed by atoms with Gasteiger partial charge in [-0.15, -0.1) is 0 Å². The molecule has 0 unspecified atom stereocenters. The van der Waals surface area contributed by atoms with Crippen molar-refractivity contribution in [2.45, 2.75) is 19.8 Å². The summed E-state index contributed by atoms with van der Waals surface area (Å²) in [5.74, 6) is -0.843. The van der Waals surface area contributed by atoms with Gasteiger partial charge in [-0.05, 0) is 18.6 Å². The molecule has 0 aliphatic carbocycles. The van der Waals surface area contributed by atoms with Crippen molar-refractivity contribution in [3.63, 3.8) is 0 Å². The van der Waals surface area contributed by atoms with Crippen LogP contribution in [0.1, 0.15) is 30.1 Å². The van der Waals surface area contributed by atoms with E-state index in [1.165, 1.54) is 12.1 Å². The van der Waals surface area contributed by atoms with Gasteiger partial charge in [-0.25, -0.2) is 4.79 Å². The minimum atomic E-state index is -0.533. The second kappa shape index (κ2) is 5.24. The van der Waals surface area contributed by atoms with Crippen LogP contribution in [0, 0.1) is 0 Å². The van der Waals surface area contributed by atoms with E-state index in [9.17, 15) is 4.79 Å². The molecule has 0 amide bonds. The standard InChI is InChI=1S/C11H14O4/c1-2-3-4-15-11(14)8-5-9(12)7-10(13)6-8/h5-7,12-13H,2-4H2,1H3. The number of ether oxygens (including phenoxy) is 1. The zero-order valence-electron chi connectivity index (χ0n) is 8.56. The maximum atomic E-state index is 11.4. The lowest BCUT2D eigenvalue weighted by Crippen LogP contribution is -2.05. The number of phenols is 2. The van der Waals surface area contributed by atoms with E-state index in [0.717, 1.165) is 18.9 Å². The first-order valence-electron chi connectivity index (χ1n) is 4.83. The Morgan fingerprint density at radius 3 is 2.40 bits per heavy atom. The van der Waals surface area contributed by atoms with Crippen LogP contribution in [0.3, 0.4) is 0 Å². The molecule has 0 fully saturated rings. The zero-order valence-corrected chi connectivity index (χ0v) is 8.56. The molecule has 0 atom stereocenters. The van der Waals surface area contributed by atoms with Gasteiger partial charge in [-0.2, -0.15) is 0 Å². The van der Waals surface area contributed by atoms with Crippen molar-refractivity contribution in [2.24, 2.45) is 0 Å². The second-order valence-corrected chi connectivity index (χ2v) is 3.23. The highest BCUT2D eigenvalue weighted by Gasteiger charge is 2.09. The van der Waals surface area contributed by atoms with Gasteiger partial charge in [0.25, 0.3) is 0 Å². The molecule has 4 heteroatoms. The highest BCUT2D eigenvalue weighted by atomic mass is 16.5. The highest BCUT2D eigenvalue weighted by Crippen LogP contribution is 2.20. The van der Waals surface area contributed by atoms with Crippen LogP contribution in [0.5, 0.6) is 11.5 Å². The molecule has 0 bridgehead atoms. The number of carbonyl (C=O) groups is 1. The third-order valence-electron chi connectivity index (χ3n) is 1.87. The predicted octanol–water partition coefficient (Wildman–Crippen LogP) is 2.05. The molecule has 2 N–H and O–H groups in total. The van der Waals surface area contributed by atoms with Crippen molar-refractivity contribution in [1.82, 2.24) is 0 Å². The molecule has 0 radical (unpaired) electrons. The van der Waals surface area contributed by atoms with E-state index < -0.39 is 5.97 Å². The molecule has 0 saturated heterocycles. The predicted molar refractivity (Wildman–Crippen MR) is 55.0 cm³/mol. The van der Waals surface area contributed by atoms with Crippen molar-refractivity contribution >= 4 is 5.97 Å². The summed E-state index contributed by atoms with van der Waals surface area (Å²) in [6, 6.07) is 3.67. The van der Waals surface area contributed by atoms with Gasteiger partial charge in [0.1, 0.15) is 11.5 Å². The van der Waals surface area contributed by atoms with Crippen LogP contribution in [0.2, 0.25) is 0 Å². The Labute approximate surface area is 88.1 Å². The quantitative estimate of drug-likeness (QED) is 0.589. The van der Waals surface area contributed by atoms with Crippen molar-refractivity contribution in [3.05, 3.63) is 23.8 Å². The van der Waals surface area contributed by atoms with Gasteiger partial charge in [0.2, 0.25) is 0 Å². The summed E-state index contributed by atoms with van der Waals surface area (Å²) in [6.07, 6.45) is 1.75. The molecule has 4 nitrogen and oxygen atoms in total. The number of hydrogen-bond acceptors (Lipinski definition) is 4. The van der Waals surface area contributed by atoms with E-state index >= 15 is 0 Å². The average Bonchev–Trinajstić information content (AvgIpc) is 2.16. The number of benzene rings is 1. The molecule has 0 saturated carbocycles. The van der Waals surface area contributed by atoms with Crippen LogP contribution < -0.4 is 0 Å². The summed E-state index contributed by atoms with van der Waals surface area (Å²) in [7, 11) is 0. The molecule has 1 rings (SSSR count). The highest BCUT2D eigenvalue weighted by molar-refractivity contribution is 5.90. The smallest absolute Gasteiger partial charge is 0.338 e. The molecule has 82 valence electrons. The third-order valence-corrected chi connectivity index (χ3v) is 1.87. The minimum absolute atomic E-state index is 0.155. The number of aromatic hydroxyl groups is 2. The summed E-state index contributed by atoms with van der Waals surface area (Å²) in [4.78, 5) is 11.4. The van der Waals surface area contributed by atoms with Crippen LogP contribution in [-0.2, 0) is 4.74 Å². The lowest BCUT2D eigenvalue weighted by molar-refractivity contribution is 0.0499. The first kappa shape index (κ1) is 11.4. The number of unbranched alkanes of at least 4 members (excludes halogenated alkanes) is 1. The Balaban J connectivity index is 2.65. The SMILES string of the molecule is CCCCOC(=O)c1cc(O)cc(O)c1. The maximum Gasteiger partial charge on any atom is 0.338 e. The minimum Gasteiger partial charge on any atom is -0.508 e. The van der Waals surface area contributed by atoms with Crippen LogP contribution in [0.4, 0.5) is 0 Å². The van der Waals surface area contributed by atoms with E-state index in [1.54, 1.807) is 0 Å². The van der Waals surface area contributed by atoms with Crippen molar-refractivity contribution in [1.29, 1.82) is 0 Å². The van der Waals surface area contributed by atoms with Gasteiger partial charge in [-0.1, -0.05) is 13.3 Å². The molecular weight excluding hydrogens is 196 g/mol. The fourth-order valence-electron chi connectivity index (χ4n) is 1.11. The van der Waals surface area contributed by atoms with Gasteiger partial charge >= 0.3 is 5.97 Å². The largest absolute Gasteiger partial charge is 0.508 e. The van der Waals surface area contributed by atoms with E-state index in [-0.39, 0.29) is 17.1 Å². The average molecular weight is 210 g/mol. The zero-order chi connectivity index (χ0) is 11.3. The molecule has 0 aliphatic rings. The summed E-state index contributed by atoms with van der Waals surface area (Å²) in [6.45, 7) is 2.35. The number of esters is 1. The van der Waals surface area contributed by atoms with E-state index in [1.807, 2.05) is 6.92 Å². The summed E-state index contributed by atoms with van der Waals surface area (Å²) in [5.41, 5.74) is 0.156. The van der Waals surface area contributed by atoms with Crippen LogP contribution in [0.25, 0.3) is 0 Å². The van der Waals surface area contributed by atoms with Gasteiger partial charge in [0, 0.05) is 6.07 Å². The fraction of sp³-hybridized carbons (Fsp3) is 0.364. The summed E-state index contributed by atoms with van der Waals surface area (Å²) >= 11 is 0. The molecule has 0 spiro atoms. The molecule has 0 aromatic heterocycles. The molecule has 1 aromatic carbocycles. The number of carbonyl (C=O) groups excluding carboxylic acids is 1. The van der Waals surface area contributed by atoms with Gasteiger partial charge in [0.15, 0.2) is 0 Å². The van der Waals surface area contributed by atoms with Crippen molar-refractivity contribution < 1.29 is 19.7 Å². The Bertz CT molecular complexity index is 326. The number of phenolic OH excluding ortho intramolecular Hbond substituents is 2. The molecule has 0 heterocycles. The Hall–Kier alpha value is -1.71. The molecule has 15 heavy (non-hydrogen) atoms. The molecular formula is C11H14O4. The van der Waals surface area contributed by atoms with Gasteiger partial charge in [0.05, 0.1) is 12.2 Å². The molecule has 1 aromatic rings. The first-order chi connectivity index (χ1) is 7.13. The van der Waals surface area contributed by atoms with Crippen LogP contribution in [0.15, 0.2) is 18.2 Å². The Kier molecular flexibility index (Phi) is 3.97. The van der Waals surface area contributed by atoms with Crippen molar-refractivity contribution in [2.75, 3.05) is 6.61 Å². The van der Waals surface area contributed by atoms with Crippen molar-refractivity contribution in [3.8, 4) is 11.5 Å². The third kappa shape index (κ3) is 3.50. The summed E-state index contributed by atoms with van der Waals surface area (Å²) in [5, 5.41) is 18.3. The van der Waals surface area contributed by atoms with Gasteiger partial charge in [-0.3, -0.25) is 0 Å². The summed E-state index contributed by atoms with van der Waals surface area (Å²) < 4.78 is 4.92. The lowest BCUT2D eigenvalue weighted by atomic mass is 10.2. The van der Waals surface area contributed by atoms with E-state index in [4.69, 9.17) is 14.9 Å². The first-order valence-corrected chi connectivity index (χ1v) is 4.83. The molecule has 0 aliphatic heterocycles. The van der Waals surface area contributed by atoms with Crippen LogP contribution in [-0.4, -0.2) is 22.8 Å². The maximum absolute atomic E-state index is 11.4. The lowest BCUT2D eigenvalue weighted by Gasteiger charge is -2.04. The topological polar surface area (TPSA) is 66.8 Å². The Morgan fingerprint density at radius 2 is 1.87 bits per heavy atom. The fourth-order valence-corrected chi connectivity index (χ4v) is 1.11. The monoisotopic (exact) mass is 210 g/mol.